The molecule has 0 atom stereocenters. The summed E-state index contributed by atoms with van der Waals surface area (Å²) in [4.78, 5) is 12.9. The summed E-state index contributed by atoms with van der Waals surface area (Å²) in [5.41, 5.74) is 5.45. The Morgan fingerprint density at radius 2 is 1.83 bits per heavy atom. The van der Waals surface area contributed by atoms with Crippen molar-refractivity contribution in [3.63, 3.8) is 0 Å². The lowest BCUT2D eigenvalue weighted by Crippen LogP contribution is -2.25. The molecule has 0 unspecified atom stereocenters. The highest BCUT2D eigenvalue weighted by molar-refractivity contribution is 6.00. The van der Waals surface area contributed by atoms with Gasteiger partial charge in [0.1, 0.15) is 5.69 Å². The number of amides is 1. The number of nitrogens with one attached hydrogen (secondary N) is 1. The lowest BCUT2D eigenvalue weighted by atomic mass is 10.0. The number of carbonyl (C=O) groups excluding carboxylic acids is 1. The molecular formula is C24H29N3O3. The highest BCUT2D eigenvalue weighted by Gasteiger charge is 2.18. The van der Waals surface area contributed by atoms with Crippen molar-refractivity contribution in [2.45, 2.75) is 20.3 Å². The molecule has 0 aliphatic heterocycles. The van der Waals surface area contributed by atoms with Gasteiger partial charge in [0.2, 0.25) is 0 Å². The van der Waals surface area contributed by atoms with Crippen LogP contribution in [0.1, 0.15) is 27.9 Å². The minimum absolute atomic E-state index is 0.137. The molecule has 0 radical (unpaired) electrons. The molecule has 1 N–H and O–H groups in total. The van der Waals surface area contributed by atoms with E-state index >= 15 is 0 Å². The van der Waals surface area contributed by atoms with Crippen molar-refractivity contribution in [2.75, 3.05) is 33.5 Å². The number of ether oxygens (including phenoxy) is 2. The first kappa shape index (κ1) is 21.7. The van der Waals surface area contributed by atoms with Gasteiger partial charge in [-0.05, 0) is 49.6 Å². The lowest BCUT2D eigenvalue weighted by molar-refractivity contribution is 0.0688. The Bertz CT molecular complexity index is 967. The first-order valence-corrected chi connectivity index (χ1v) is 10.2. The summed E-state index contributed by atoms with van der Waals surface area (Å²) in [7, 11) is 1.65. The number of nitrogens with zero attached hydrogens (tertiary/aromatic N) is 2. The van der Waals surface area contributed by atoms with Crippen LogP contribution in [0.4, 0.5) is 0 Å². The van der Waals surface area contributed by atoms with Gasteiger partial charge in [0, 0.05) is 32.0 Å². The number of hydrogen-bond acceptors (Lipinski definition) is 4. The molecule has 0 aliphatic rings. The van der Waals surface area contributed by atoms with E-state index in [1.165, 1.54) is 11.1 Å². The average molecular weight is 408 g/mol. The number of aromatic nitrogens is 2. The zero-order valence-corrected chi connectivity index (χ0v) is 17.9. The van der Waals surface area contributed by atoms with Crippen LogP contribution in [0.5, 0.6) is 0 Å². The predicted octanol–water partition coefficient (Wildman–Crippen LogP) is 3.94. The molecule has 1 aromatic heterocycles. The summed E-state index contributed by atoms with van der Waals surface area (Å²) in [5.74, 6) is -0.137. The number of benzene rings is 2. The molecule has 0 aliphatic carbocycles. The van der Waals surface area contributed by atoms with Crippen LogP contribution in [-0.4, -0.2) is 49.2 Å². The van der Waals surface area contributed by atoms with Crippen molar-refractivity contribution in [3.05, 3.63) is 71.4 Å². The minimum Gasteiger partial charge on any atom is -0.382 e. The third kappa shape index (κ3) is 5.55. The van der Waals surface area contributed by atoms with Crippen molar-refractivity contribution in [2.24, 2.45) is 0 Å². The molecule has 3 aromatic rings. The zero-order valence-electron chi connectivity index (χ0n) is 17.9. The lowest BCUT2D eigenvalue weighted by Gasteiger charge is -2.07. The first-order chi connectivity index (χ1) is 14.6. The number of carbonyl (C=O) groups is 1. The largest absolute Gasteiger partial charge is 0.382 e. The second-order valence-corrected chi connectivity index (χ2v) is 7.19. The quantitative estimate of drug-likeness (QED) is 0.517. The third-order valence-corrected chi connectivity index (χ3v) is 4.94. The van der Waals surface area contributed by atoms with Gasteiger partial charge in [0.15, 0.2) is 0 Å². The van der Waals surface area contributed by atoms with Crippen LogP contribution in [0.15, 0.2) is 54.7 Å². The molecule has 2 aromatic carbocycles. The highest BCUT2D eigenvalue weighted by Crippen LogP contribution is 2.25. The molecule has 6 heteroatoms. The average Bonchev–Trinajstić information content (AvgIpc) is 3.21. The molecular weight excluding hydrogens is 378 g/mol. The molecule has 1 heterocycles. The molecule has 0 bridgehead atoms. The van der Waals surface area contributed by atoms with Crippen LogP contribution < -0.4 is 5.32 Å². The molecule has 1 amide bonds. The van der Waals surface area contributed by atoms with Crippen molar-refractivity contribution < 1.29 is 14.3 Å². The second kappa shape index (κ2) is 10.7. The van der Waals surface area contributed by atoms with Crippen LogP contribution in [0.25, 0.3) is 16.9 Å². The van der Waals surface area contributed by atoms with E-state index < -0.39 is 0 Å². The standard InChI is InChI=1S/C24H29N3O3/c1-18-10-11-20(16-19(18)2)23-22(17-27(26-23)21-8-5-4-6-9-21)24(28)25-12-7-13-30-15-14-29-3/h4-6,8-11,16-17H,7,12-15H2,1-3H3,(H,25,28). The van der Waals surface area contributed by atoms with Gasteiger partial charge in [-0.2, -0.15) is 5.10 Å². The molecule has 3 rings (SSSR count). The van der Waals surface area contributed by atoms with Crippen LogP contribution in [0.3, 0.4) is 0 Å². The number of aryl methyl sites for hydroxylation is 2. The SMILES string of the molecule is COCCOCCCNC(=O)c1cn(-c2ccccc2)nc1-c1ccc(C)c(C)c1. The maximum atomic E-state index is 12.9. The number of hydrogen-bond donors (Lipinski definition) is 1. The fourth-order valence-electron chi connectivity index (χ4n) is 3.07. The van der Waals surface area contributed by atoms with E-state index in [0.29, 0.717) is 37.6 Å². The van der Waals surface area contributed by atoms with Gasteiger partial charge >= 0.3 is 0 Å². The first-order valence-electron chi connectivity index (χ1n) is 10.2. The number of rotatable bonds is 10. The Kier molecular flexibility index (Phi) is 7.76. The van der Waals surface area contributed by atoms with E-state index in [2.05, 4.69) is 31.3 Å². The fourth-order valence-corrected chi connectivity index (χ4v) is 3.07. The van der Waals surface area contributed by atoms with Crippen molar-refractivity contribution >= 4 is 5.91 Å². The Balaban J connectivity index is 1.78. The Morgan fingerprint density at radius 1 is 1.03 bits per heavy atom. The highest BCUT2D eigenvalue weighted by atomic mass is 16.5. The van der Waals surface area contributed by atoms with Crippen LogP contribution in [0.2, 0.25) is 0 Å². The van der Waals surface area contributed by atoms with Crippen molar-refractivity contribution in [3.8, 4) is 16.9 Å². The third-order valence-electron chi connectivity index (χ3n) is 4.94. The summed E-state index contributed by atoms with van der Waals surface area (Å²) >= 11 is 0. The Hall–Kier alpha value is -2.96. The summed E-state index contributed by atoms with van der Waals surface area (Å²) in [6, 6.07) is 16.0. The van der Waals surface area contributed by atoms with Gasteiger partial charge in [0.25, 0.3) is 5.91 Å². The summed E-state index contributed by atoms with van der Waals surface area (Å²) < 4.78 is 12.2. The summed E-state index contributed by atoms with van der Waals surface area (Å²) in [6.07, 6.45) is 2.53. The van der Waals surface area contributed by atoms with Gasteiger partial charge in [-0.25, -0.2) is 4.68 Å². The van der Waals surface area contributed by atoms with E-state index in [0.717, 1.165) is 17.7 Å². The maximum Gasteiger partial charge on any atom is 0.255 e. The van der Waals surface area contributed by atoms with Crippen LogP contribution in [-0.2, 0) is 9.47 Å². The Labute approximate surface area is 177 Å². The second-order valence-electron chi connectivity index (χ2n) is 7.19. The van der Waals surface area contributed by atoms with Crippen molar-refractivity contribution in [1.29, 1.82) is 0 Å². The minimum atomic E-state index is -0.137. The van der Waals surface area contributed by atoms with Gasteiger partial charge in [-0.3, -0.25) is 4.79 Å². The number of para-hydroxylation sites is 1. The van der Waals surface area contributed by atoms with Crippen molar-refractivity contribution in [1.82, 2.24) is 15.1 Å². The molecule has 158 valence electrons. The van der Waals surface area contributed by atoms with Gasteiger partial charge in [0.05, 0.1) is 24.5 Å². The van der Waals surface area contributed by atoms with E-state index in [1.54, 1.807) is 18.0 Å². The molecule has 0 spiro atoms. The van der Waals surface area contributed by atoms with Gasteiger partial charge < -0.3 is 14.8 Å². The molecule has 30 heavy (non-hydrogen) atoms. The molecule has 6 nitrogen and oxygen atoms in total. The molecule has 0 saturated heterocycles. The summed E-state index contributed by atoms with van der Waals surface area (Å²) in [6.45, 7) is 6.39. The molecule has 0 saturated carbocycles. The fraction of sp³-hybridized carbons (Fsp3) is 0.333. The van der Waals surface area contributed by atoms with Crippen LogP contribution >= 0.6 is 0 Å². The van der Waals surface area contributed by atoms with E-state index in [-0.39, 0.29) is 5.91 Å². The van der Waals surface area contributed by atoms with E-state index in [1.807, 2.05) is 36.4 Å². The van der Waals surface area contributed by atoms with Crippen LogP contribution in [0, 0.1) is 13.8 Å². The number of methoxy groups -OCH3 is 1. The monoisotopic (exact) mass is 407 g/mol. The smallest absolute Gasteiger partial charge is 0.255 e. The Morgan fingerprint density at radius 3 is 2.57 bits per heavy atom. The van der Waals surface area contributed by atoms with Gasteiger partial charge in [-0.15, -0.1) is 0 Å². The van der Waals surface area contributed by atoms with E-state index in [4.69, 9.17) is 14.6 Å². The maximum absolute atomic E-state index is 12.9. The summed E-state index contributed by atoms with van der Waals surface area (Å²) in [5, 5.41) is 7.73. The predicted molar refractivity (Wildman–Crippen MR) is 118 cm³/mol. The zero-order chi connectivity index (χ0) is 21.3. The normalized spacial score (nSPS) is 10.9. The van der Waals surface area contributed by atoms with Gasteiger partial charge in [-0.1, -0.05) is 30.3 Å². The topological polar surface area (TPSA) is 65.4 Å². The molecule has 0 fully saturated rings. The van der Waals surface area contributed by atoms with E-state index in [9.17, 15) is 4.79 Å².